The molecule has 0 aliphatic carbocycles. The molecule has 1 atom stereocenters. The molecule has 0 spiro atoms. The van der Waals surface area contributed by atoms with Crippen molar-refractivity contribution < 1.29 is 14.2 Å². The van der Waals surface area contributed by atoms with Gasteiger partial charge in [-0.3, -0.25) is 4.79 Å². The topological polar surface area (TPSA) is 99.5 Å². The van der Waals surface area contributed by atoms with Crippen molar-refractivity contribution in [2.24, 2.45) is 12.8 Å². The quantitative estimate of drug-likeness (QED) is 0.526. The van der Waals surface area contributed by atoms with E-state index in [1.54, 1.807) is 23.7 Å². The third-order valence-corrected chi connectivity index (χ3v) is 6.39. The van der Waals surface area contributed by atoms with Crippen LogP contribution in [-0.2, 0) is 7.05 Å². The molecule has 2 aromatic carbocycles. The molecule has 3 aromatic rings. The van der Waals surface area contributed by atoms with Gasteiger partial charge in [0.1, 0.15) is 17.4 Å². The number of methoxy groups -OCH3 is 2. The van der Waals surface area contributed by atoms with Gasteiger partial charge >= 0.3 is 0 Å². The number of halogens is 2. The molecule has 2 N–H and O–H groups in total. The Bertz CT molecular complexity index is 1370. The van der Waals surface area contributed by atoms with Crippen LogP contribution < -0.4 is 25.5 Å². The normalized spacial score (nSPS) is 15.3. The van der Waals surface area contributed by atoms with Gasteiger partial charge in [0.05, 0.1) is 35.7 Å². The van der Waals surface area contributed by atoms with Crippen LogP contribution >= 0.6 is 31.9 Å². The lowest BCUT2D eigenvalue weighted by Gasteiger charge is -2.28. The molecule has 0 unspecified atom stereocenters. The highest BCUT2D eigenvalue weighted by Crippen LogP contribution is 2.47. The predicted molar refractivity (Wildman–Crippen MR) is 123 cm³/mol. The first-order valence-corrected chi connectivity index (χ1v) is 10.7. The van der Waals surface area contributed by atoms with Crippen LogP contribution in [0.3, 0.4) is 0 Å². The summed E-state index contributed by atoms with van der Waals surface area (Å²) in [5.74, 6) is 0.514. The molecular formula is C22H17Br2N3O4. The minimum absolute atomic E-state index is 0.0413. The molecule has 2 heterocycles. The first kappa shape index (κ1) is 21.3. The second-order valence-electron chi connectivity index (χ2n) is 6.93. The number of benzene rings is 2. The summed E-state index contributed by atoms with van der Waals surface area (Å²) in [4.78, 5) is 13.5. The summed E-state index contributed by atoms with van der Waals surface area (Å²) in [5.41, 5.74) is 7.69. The van der Waals surface area contributed by atoms with E-state index in [0.717, 1.165) is 4.47 Å². The van der Waals surface area contributed by atoms with Gasteiger partial charge in [-0.25, -0.2) is 0 Å². The number of hydrogen-bond donors (Lipinski definition) is 1. The number of nitriles is 1. The van der Waals surface area contributed by atoms with Crippen molar-refractivity contribution in [3.8, 4) is 23.3 Å². The summed E-state index contributed by atoms with van der Waals surface area (Å²) in [6, 6.07) is 11.2. The first-order chi connectivity index (χ1) is 14.8. The summed E-state index contributed by atoms with van der Waals surface area (Å²) in [6.07, 6.45) is 0. The van der Waals surface area contributed by atoms with Crippen molar-refractivity contribution >= 4 is 42.8 Å². The van der Waals surface area contributed by atoms with Crippen LogP contribution in [0.15, 0.2) is 55.5 Å². The summed E-state index contributed by atoms with van der Waals surface area (Å²) in [5, 5.41) is 10.6. The summed E-state index contributed by atoms with van der Waals surface area (Å²) in [7, 11) is 4.74. The Labute approximate surface area is 194 Å². The Hall–Kier alpha value is -2.96. The number of allylic oxidation sites excluding steroid dienone is 1. The molecule has 1 aliphatic rings. The fourth-order valence-electron chi connectivity index (χ4n) is 3.89. The molecule has 1 aliphatic heterocycles. The lowest BCUT2D eigenvalue weighted by atomic mass is 9.83. The third kappa shape index (κ3) is 3.27. The van der Waals surface area contributed by atoms with E-state index in [9.17, 15) is 10.1 Å². The van der Waals surface area contributed by atoms with Gasteiger partial charge in [0.15, 0.2) is 11.5 Å². The van der Waals surface area contributed by atoms with Crippen LogP contribution in [0.25, 0.3) is 10.9 Å². The molecule has 7 nitrogen and oxygen atoms in total. The van der Waals surface area contributed by atoms with Gasteiger partial charge in [0.25, 0.3) is 5.56 Å². The molecule has 9 heteroatoms. The molecule has 0 amide bonds. The van der Waals surface area contributed by atoms with Gasteiger partial charge in [-0.15, -0.1) is 0 Å². The fourth-order valence-corrected chi connectivity index (χ4v) is 4.87. The second-order valence-corrected chi connectivity index (χ2v) is 8.70. The number of nitrogens with zero attached hydrogens (tertiary/aromatic N) is 2. The summed E-state index contributed by atoms with van der Waals surface area (Å²) in [6.45, 7) is 0. The van der Waals surface area contributed by atoms with Gasteiger partial charge in [0, 0.05) is 16.9 Å². The third-order valence-electron chi connectivity index (χ3n) is 5.31. The Balaban J connectivity index is 2.12. The average molecular weight is 547 g/mol. The van der Waals surface area contributed by atoms with E-state index in [4.69, 9.17) is 19.9 Å². The smallest absolute Gasteiger partial charge is 0.258 e. The standard InChI is InChI=1S/C22H17Br2N3O4/c1-27-15-5-4-11(23)8-12(15)19-18(22(27)28)17(13(9-25)21(26)31-19)10-6-14(24)20(30-3)16(7-10)29-2/h4-8,17H,26H2,1-3H3/t17-/m1/s1. The number of nitrogens with two attached hydrogens (primary N) is 1. The van der Waals surface area contributed by atoms with Crippen LogP contribution in [0.2, 0.25) is 0 Å². The predicted octanol–water partition coefficient (Wildman–Crippen LogP) is 4.30. The van der Waals surface area contributed by atoms with Crippen LogP contribution in [-0.4, -0.2) is 18.8 Å². The minimum atomic E-state index is -0.744. The van der Waals surface area contributed by atoms with E-state index in [-0.39, 0.29) is 17.0 Å². The van der Waals surface area contributed by atoms with Crippen molar-refractivity contribution in [1.82, 2.24) is 4.57 Å². The second kappa shape index (κ2) is 7.94. The fraction of sp³-hybridized carbons (Fsp3) is 0.182. The number of hydrogen-bond acceptors (Lipinski definition) is 6. The Morgan fingerprint density at radius 2 is 1.94 bits per heavy atom. The Kier molecular flexibility index (Phi) is 5.45. The van der Waals surface area contributed by atoms with Gasteiger partial charge in [-0.1, -0.05) is 15.9 Å². The largest absolute Gasteiger partial charge is 0.493 e. The molecule has 158 valence electrons. The molecule has 0 saturated carbocycles. The molecule has 0 radical (unpaired) electrons. The van der Waals surface area contributed by atoms with Crippen molar-refractivity contribution in [3.63, 3.8) is 0 Å². The minimum Gasteiger partial charge on any atom is -0.493 e. The molecule has 0 fully saturated rings. The van der Waals surface area contributed by atoms with E-state index in [1.165, 1.54) is 14.2 Å². The van der Waals surface area contributed by atoms with Gasteiger partial charge in [0.2, 0.25) is 5.88 Å². The maximum atomic E-state index is 13.5. The molecular weight excluding hydrogens is 530 g/mol. The lowest BCUT2D eigenvalue weighted by molar-refractivity contribution is 0.352. The molecule has 0 bridgehead atoms. The van der Waals surface area contributed by atoms with E-state index in [1.807, 2.05) is 18.2 Å². The van der Waals surface area contributed by atoms with Gasteiger partial charge < -0.3 is 24.5 Å². The number of aryl methyl sites for hydroxylation is 1. The van der Waals surface area contributed by atoms with Gasteiger partial charge in [-0.05, 0) is 51.8 Å². The van der Waals surface area contributed by atoms with Crippen molar-refractivity contribution in [1.29, 1.82) is 5.26 Å². The van der Waals surface area contributed by atoms with Crippen LogP contribution in [0, 0.1) is 11.3 Å². The highest BCUT2D eigenvalue weighted by atomic mass is 79.9. The maximum absolute atomic E-state index is 13.5. The molecule has 0 saturated heterocycles. The number of rotatable bonds is 3. The number of fused-ring (bicyclic) bond motifs is 3. The average Bonchev–Trinajstić information content (AvgIpc) is 2.75. The molecule has 31 heavy (non-hydrogen) atoms. The molecule has 1 aromatic heterocycles. The number of ether oxygens (including phenoxy) is 3. The Morgan fingerprint density at radius 1 is 1.19 bits per heavy atom. The summed E-state index contributed by atoms with van der Waals surface area (Å²) >= 11 is 6.96. The highest BCUT2D eigenvalue weighted by Gasteiger charge is 2.36. The van der Waals surface area contributed by atoms with Crippen molar-refractivity contribution in [3.05, 3.63) is 72.2 Å². The lowest BCUT2D eigenvalue weighted by Crippen LogP contribution is -2.31. The van der Waals surface area contributed by atoms with Crippen LogP contribution in [0.4, 0.5) is 0 Å². The van der Waals surface area contributed by atoms with E-state index >= 15 is 0 Å². The number of pyridine rings is 1. The SMILES string of the molecule is COc1cc([C@@H]2C(C#N)=C(N)Oc3c2c(=O)n(C)c2ccc(Br)cc32)cc(Br)c1OC. The van der Waals surface area contributed by atoms with Crippen molar-refractivity contribution in [2.75, 3.05) is 14.2 Å². The Morgan fingerprint density at radius 3 is 2.58 bits per heavy atom. The number of aromatic nitrogens is 1. The van der Waals surface area contributed by atoms with E-state index in [2.05, 4.69) is 37.9 Å². The van der Waals surface area contributed by atoms with Crippen molar-refractivity contribution in [2.45, 2.75) is 5.92 Å². The first-order valence-electron chi connectivity index (χ1n) is 9.13. The van der Waals surface area contributed by atoms with Crippen LogP contribution in [0.5, 0.6) is 17.2 Å². The van der Waals surface area contributed by atoms with Crippen LogP contribution in [0.1, 0.15) is 17.0 Å². The molecule has 4 rings (SSSR count). The zero-order chi connectivity index (χ0) is 22.4. The zero-order valence-electron chi connectivity index (χ0n) is 16.8. The maximum Gasteiger partial charge on any atom is 0.258 e. The summed E-state index contributed by atoms with van der Waals surface area (Å²) < 4.78 is 19.7. The highest BCUT2D eigenvalue weighted by molar-refractivity contribution is 9.10. The van der Waals surface area contributed by atoms with E-state index in [0.29, 0.717) is 43.8 Å². The van der Waals surface area contributed by atoms with Gasteiger partial charge in [-0.2, -0.15) is 5.26 Å². The van der Waals surface area contributed by atoms with E-state index < -0.39 is 5.92 Å². The zero-order valence-corrected chi connectivity index (χ0v) is 20.0. The monoisotopic (exact) mass is 545 g/mol.